The van der Waals surface area contributed by atoms with Crippen LogP contribution in [0.15, 0.2) is 252 Å². The molecule has 0 saturated heterocycles. The molecule has 0 fully saturated rings. The van der Waals surface area contributed by atoms with Crippen molar-refractivity contribution in [1.82, 2.24) is 9.13 Å². The Kier molecular flexibility index (Phi) is 9.13. The number of rotatable bonds is 8. The van der Waals surface area contributed by atoms with Crippen LogP contribution in [0.4, 0.5) is 0 Å². The Labute approximate surface area is 371 Å². The van der Waals surface area contributed by atoms with Gasteiger partial charge in [-0.15, -0.1) is 0 Å². The van der Waals surface area contributed by atoms with Gasteiger partial charge in [0.05, 0.1) is 22.1 Å². The molecule has 0 radical (unpaired) electrons. The van der Waals surface area contributed by atoms with Crippen LogP contribution in [-0.4, -0.2) is 9.13 Å². The second-order valence-electron chi connectivity index (χ2n) is 16.2. The summed E-state index contributed by atoms with van der Waals surface area (Å²) in [6.07, 6.45) is 0. The Morgan fingerprint density at radius 3 is 1.17 bits per heavy atom. The van der Waals surface area contributed by atoms with Crippen molar-refractivity contribution in [3.63, 3.8) is 0 Å². The summed E-state index contributed by atoms with van der Waals surface area (Å²) in [6, 6.07) is 88.4. The molecule has 2 heterocycles. The number of fused-ring (bicyclic) bond motifs is 6. The normalized spacial score (nSPS) is 11.6. The summed E-state index contributed by atoms with van der Waals surface area (Å²) >= 11 is 1.79. The van der Waals surface area contributed by atoms with Gasteiger partial charge < -0.3 is 9.13 Å². The van der Waals surface area contributed by atoms with Crippen LogP contribution in [0.25, 0.3) is 99.5 Å². The van der Waals surface area contributed by atoms with E-state index in [1.165, 1.54) is 97.9 Å². The van der Waals surface area contributed by atoms with Gasteiger partial charge in [0.1, 0.15) is 0 Å². The fourth-order valence-corrected chi connectivity index (χ4v) is 10.2. The number of benzene rings is 10. The summed E-state index contributed by atoms with van der Waals surface area (Å²) in [4.78, 5) is 2.46. The highest BCUT2D eigenvalue weighted by Crippen LogP contribution is 2.40. The summed E-state index contributed by atoms with van der Waals surface area (Å²) in [7, 11) is 0. The minimum Gasteiger partial charge on any atom is -0.309 e. The molecule has 0 aliphatic rings. The topological polar surface area (TPSA) is 9.86 Å². The lowest BCUT2D eigenvalue weighted by Crippen LogP contribution is -1.96. The second-order valence-corrected chi connectivity index (χ2v) is 17.3. The van der Waals surface area contributed by atoms with Gasteiger partial charge in [0.25, 0.3) is 0 Å². The van der Waals surface area contributed by atoms with Crippen LogP contribution in [0.3, 0.4) is 0 Å². The first-order valence-electron chi connectivity index (χ1n) is 21.5. The van der Waals surface area contributed by atoms with E-state index in [2.05, 4.69) is 252 Å². The van der Waals surface area contributed by atoms with E-state index in [1.807, 2.05) is 0 Å². The molecular formula is C60H40N2S. The number of nitrogens with zero attached hydrogens (tertiary/aromatic N) is 2. The zero-order valence-electron chi connectivity index (χ0n) is 34.4. The lowest BCUT2D eigenvalue weighted by molar-refractivity contribution is 1.16. The second kappa shape index (κ2) is 15.6. The first kappa shape index (κ1) is 37.0. The largest absolute Gasteiger partial charge is 0.309 e. The third-order valence-corrected chi connectivity index (χ3v) is 13.4. The molecule has 0 saturated carbocycles. The Bertz CT molecular complexity index is 3640. The van der Waals surface area contributed by atoms with Crippen LogP contribution >= 0.6 is 11.8 Å². The maximum atomic E-state index is 2.43. The van der Waals surface area contributed by atoms with Gasteiger partial charge in [-0.05, 0) is 142 Å². The van der Waals surface area contributed by atoms with E-state index in [9.17, 15) is 0 Å². The van der Waals surface area contributed by atoms with E-state index in [1.54, 1.807) is 11.8 Å². The number of hydrogen-bond donors (Lipinski definition) is 0. The number of aromatic nitrogens is 2. The van der Waals surface area contributed by atoms with E-state index in [0.717, 1.165) is 11.4 Å². The van der Waals surface area contributed by atoms with Crippen molar-refractivity contribution in [2.24, 2.45) is 0 Å². The van der Waals surface area contributed by atoms with Crippen molar-refractivity contribution < 1.29 is 0 Å². The van der Waals surface area contributed by atoms with Crippen molar-refractivity contribution in [2.45, 2.75) is 9.79 Å². The molecule has 0 spiro atoms. The van der Waals surface area contributed by atoms with Crippen LogP contribution in [0.1, 0.15) is 0 Å². The van der Waals surface area contributed by atoms with Crippen molar-refractivity contribution in [3.05, 3.63) is 243 Å². The number of hydrogen-bond acceptors (Lipinski definition) is 1. The standard InChI is InChI=1S/C60H40N2S/c1-3-14-41(15-4-1)42-16-11-17-43(36-42)44-18-12-19-45(37-44)46-20-13-21-47(38-46)48-28-34-59-55(39-48)53-24-7-10-27-58(53)62(59)50-31-35-60-56(40-50)54-25-8-9-26-57(54)61(60)49-29-32-52(33-30-49)63-51-22-5-2-6-23-51/h1-40H. The van der Waals surface area contributed by atoms with Gasteiger partial charge in [-0.1, -0.05) is 157 Å². The Hall–Kier alpha value is -7.85. The highest BCUT2D eigenvalue weighted by Gasteiger charge is 2.17. The predicted molar refractivity (Wildman–Crippen MR) is 267 cm³/mol. The molecule has 2 aromatic heterocycles. The molecule has 296 valence electrons. The SMILES string of the molecule is c1ccc(Sc2ccc(-n3c4ccccc4c4cc(-n5c6ccccc6c6cc(-c7cccc(-c8cccc(-c9cccc(-c%10ccccc%10)c9)c8)c7)ccc65)ccc43)cc2)cc1. The minimum absolute atomic E-state index is 1.15. The van der Waals surface area contributed by atoms with Gasteiger partial charge in [-0.25, -0.2) is 0 Å². The smallest absolute Gasteiger partial charge is 0.0542 e. The van der Waals surface area contributed by atoms with E-state index < -0.39 is 0 Å². The molecule has 3 heteroatoms. The van der Waals surface area contributed by atoms with Gasteiger partial charge in [0.2, 0.25) is 0 Å². The van der Waals surface area contributed by atoms with Gasteiger partial charge in [-0.2, -0.15) is 0 Å². The van der Waals surface area contributed by atoms with E-state index in [4.69, 9.17) is 0 Å². The van der Waals surface area contributed by atoms with Crippen molar-refractivity contribution in [3.8, 4) is 55.9 Å². The Morgan fingerprint density at radius 1 is 0.222 bits per heavy atom. The maximum Gasteiger partial charge on any atom is 0.0542 e. The quantitative estimate of drug-likeness (QED) is 0.148. The molecule has 10 aromatic carbocycles. The highest BCUT2D eigenvalue weighted by molar-refractivity contribution is 7.99. The first-order valence-corrected chi connectivity index (χ1v) is 22.3. The summed E-state index contributed by atoms with van der Waals surface area (Å²) in [5, 5.41) is 4.96. The average molecular weight is 821 g/mol. The predicted octanol–water partition coefficient (Wildman–Crippen LogP) is 16.7. The molecule has 0 aliphatic carbocycles. The van der Waals surface area contributed by atoms with Crippen molar-refractivity contribution in [1.29, 1.82) is 0 Å². The van der Waals surface area contributed by atoms with E-state index in [0.29, 0.717) is 0 Å². The molecule has 2 nitrogen and oxygen atoms in total. The van der Waals surface area contributed by atoms with E-state index >= 15 is 0 Å². The lowest BCUT2D eigenvalue weighted by atomic mass is 9.94. The highest BCUT2D eigenvalue weighted by atomic mass is 32.2. The van der Waals surface area contributed by atoms with Gasteiger partial charge in [0, 0.05) is 42.7 Å². The van der Waals surface area contributed by atoms with Crippen molar-refractivity contribution in [2.75, 3.05) is 0 Å². The Balaban J connectivity index is 0.908. The summed E-state index contributed by atoms with van der Waals surface area (Å²) in [5.41, 5.74) is 16.8. The number of para-hydroxylation sites is 2. The molecule has 12 rings (SSSR count). The Morgan fingerprint density at radius 2 is 0.603 bits per heavy atom. The van der Waals surface area contributed by atoms with Crippen LogP contribution in [0, 0.1) is 0 Å². The monoisotopic (exact) mass is 820 g/mol. The zero-order chi connectivity index (χ0) is 41.7. The van der Waals surface area contributed by atoms with Crippen LogP contribution < -0.4 is 0 Å². The zero-order valence-corrected chi connectivity index (χ0v) is 35.2. The molecule has 0 N–H and O–H groups in total. The van der Waals surface area contributed by atoms with E-state index in [-0.39, 0.29) is 0 Å². The first-order chi connectivity index (χ1) is 31.2. The molecule has 0 aliphatic heterocycles. The molecule has 0 unspecified atom stereocenters. The third-order valence-electron chi connectivity index (χ3n) is 12.4. The third kappa shape index (κ3) is 6.71. The summed E-state index contributed by atoms with van der Waals surface area (Å²) < 4.78 is 4.83. The summed E-state index contributed by atoms with van der Waals surface area (Å²) in [5.74, 6) is 0. The van der Waals surface area contributed by atoms with Crippen molar-refractivity contribution >= 4 is 55.4 Å². The van der Waals surface area contributed by atoms with Crippen LogP contribution in [0.5, 0.6) is 0 Å². The molecule has 63 heavy (non-hydrogen) atoms. The average Bonchev–Trinajstić information content (AvgIpc) is 3.87. The molecule has 0 amide bonds. The maximum absolute atomic E-state index is 2.43. The minimum atomic E-state index is 1.15. The fraction of sp³-hybridized carbons (Fsp3) is 0. The van der Waals surface area contributed by atoms with Gasteiger partial charge >= 0.3 is 0 Å². The fourth-order valence-electron chi connectivity index (χ4n) is 9.36. The molecular weight excluding hydrogens is 781 g/mol. The molecule has 12 aromatic rings. The van der Waals surface area contributed by atoms with Crippen LogP contribution in [0.2, 0.25) is 0 Å². The molecule has 0 bridgehead atoms. The molecule has 0 atom stereocenters. The summed E-state index contributed by atoms with van der Waals surface area (Å²) in [6.45, 7) is 0. The lowest BCUT2D eigenvalue weighted by Gasteiger charge is -2.11. The van der Waals surface area contributed by atoms with Gasteiger partial charge in [-0.3, -0.25) is 0 Å². The van der Waals surface area contributed by atoms with Gasteiger partial charge in [0.15, 0.2) is 0 Å². The van der Waals surface area contributed by atoms with Crippen LogP contribution in [-0.2, 0) is 0 Å².